The standard InChI is InChI=1S/C23H39N3O2/c1-6-13-24(14-7-2)19-21(20-11-9-8-10-12-20)25-15-17-26(18-16-25)22(27)28-23(3,4)5/h8-12,21H,6-7,13-19H2,1-5H3. The Labute approximate surface area is 171 Å². The van der Waals surface area contributed by atoms with Gasteiger partial charge in [0.15, 0.2) is 0 Å². The molecular weight excluding hydrogens is 350 g/mol. The number of nitrogens with zero attached hydrogens (tertiary/aromatic N) is 3. The molecule has 0 saturated carbocycles. The summed E-state index contributed by atoms with van der Waals surface area (Å²) in [7, 11) is 0. The summed E-state index contributed by atoms with van der Waals surface area (Å²) >= 11 is 0. The zero-order chi connectivity index (χ0) is 20.6. The summed E-state index contributed by atoms with van der Waals surface area (Å²) in [4.78, 5) is 19.3. The fourth-order valence-corrected chi connectivity index (χ4v) is 3.82. The van der Waals surface area contributed by atoms with Gasteiger partial charge in [-0.05, 0) is 52.3 Å². The van der Waals surface area contributed by atoms with Crippen LogP contribution in [0.1, 0.15) is 59.1 Å². The summed E-state index contributed by atoms with van der Waals surface area (Å²) in [5.74, 6) is 0. The van der Waals surface area contributed by atoms with Crippen molar-refractivity contribution < 1.29 is 9.53 Å². The summed E-state index contributed by atoms with van der Waals surface area (Å²) in [5.41, 5.74) is 0.923. The van der Waals surface area contributed by atoms with Crippen LogP contribution in [0, 0.1) is 0 Å². The zero-order valence-electron chi connectivity index (χ0n) is 18.5. The van der Waals surface area contributed by atoms with Crippen LogP contribution in [0.25, 0.3) is 0 Å². The van der Waals surface area contributed by atoms with Crippen molar-refractivity contribution in [3.63, 3.8) is 0 Å². The molecule has 158 valence electrons. The minimum atomic E-state index is -0.443. The second kappa shape index (κ2) is 10.8. The molecule has 0 aliphatic carbocycles. The van der Waals surface area contributed by atoms with Gasteiger partial charge in [-0.25, -0.2) is 4.79 Å². The van der Waals surface area contributed by atoms with Crippen molar-refractivity contribution in [1.29, 1.82) is 0 Å². The van der Waals surface area contributed by atoms with Crippen molar-refractivity contribution in [2.45, 2.75) is 59.1 Å². The van der Waals surface area contributed by atoms with Crippen LogP contribution in [0.15, 0.2) is 30.3 Å². The summed E-state index contributed by atoms with van der Waals surface area (Å²) in [6.45, 7) is 16.8. The molecule has 5 nitrogen and oxygen atoms in total. The lowest BCUT2D eigenvalue weighted by Gasteiger charge is -2.41. The van der Waals surface area contributed by atoms with Crippen LogP contribution in [0.2, 0.25) is 0 Å². The van der Waals surface area contributed by atoms with Crippen LogP contribution in [0.4, 0.5) is 4.79 Å². The van der Waals surface area contributed by atoms with E-state index in [0.29, 0.717) is 6.04 Å². The molecule has 0 spiro atoms. The first-order valence-electron chi connectivity index (χ1n) is 10.8. The Balaban J connectivity index is 2.05. The smallest absolute Gasteiger partial charge is 0.410 e. The highest BCUT2D eigenvalue weighted by atomic mass is 16.6. The maximum absolute atomic E-state index is 12.4. The molecule has 1 aliphatic rings. The first-order chi connectivity index (χ1) is 13.3. The Bertz CT molecular complexity index is 571. The third-order valence-corrected chi connectivity index (χ3v) is 5.10. The van der Waals surface area contributed by atoms with E-state index in [1.807, 2.05) is 25.7 Å². The number of carbonyl (C=O) groups is 1. The van der Waals surface area contributed by atoms with Crippen molar-refractivity contribution in [1.82, 2.24) is 14.7 Å². The molecule has 1 fully saturated rings. The number of carbonyl (C=O) groups excluding carboxylic acids is 1. The number of hydrogen-bond donors (Lipinski definition) is 0. The quantitative estimate of drug-likeness (QED) is 0.660. The van der Waals surface area contributed by atoms with Gasteiger partial charge in [0.25, 0.3) is 0 Å². The van der Waals surface area contributed by atoms with E-state index in [-0.39, 0.29) is 6.09 Å². The Morgan fingerprint density at radius 1 is 1.04 bits per heavy atom. The third kappa shape index (κ3) is 7.10. The van der Waals surface area contributed by atoms with E-state index in [1.54, 1.807) is 0 Å². The number of hydrogen-bond acceptors (Lipinski definition) is 4. The van der Waals surface area contributed by atoms with Gasteiger partial charge in [-0.2, -0.15) is 0 Å². The van der Waals surface area contributed by atoms with E-state index in [1.165, 1.54) is 18.4 Å². The van der Waals surface area contributed by atoms with E-state index < -0.39 is 5.60 Å². The fourth-order valence-electron chi connectivity index (χ4n) is 3.82. The normalized spacial score (nSPS) is 17.0. The van der Waals surface area contributed by atoms with E-state index >= 15 is 0 Å². The summed E-state index contributed by atoms with van der Waals surface area (Å²) in [6.07, 6.45) is 2.16. The van der Waals surface area contributed by atoms with Crippen LogP contribution in [-0.4, -0.2) is 72.2 Å². The Morgan fingerprint density at radius 3 is 2.11 bits per heavy atom. The average Bonchev–Trinajstić information content (AvgIpc) is 2.66. The topological polar surface area (TPSA) is 36.0 Å². The molecule has 0 radical (unpaired) electrons. The predicted octanol–water partition coefficient (Wildman–Crippen LogP) is 4.40. The number of amides is 1. The van der Waals surface area contributed by atoms with Gasteiger partial charge < -0.3 is 14.5 Å². The van der Waals surface area contributed by atoms with Gasteiger partial charge in [0.05, 0.1) is 0 Å². The molecule has 1 aromatic rings. The molecule has 1 heterocycles. The maximum atomic E-state index is 12.4. The molecule has 1 aromatic carbocycles. The minimum absolute atomic E-state index is 0.193. The monoisotopic (exact) mass is 389 g/mol. The fraction of sp³-hybridized carbons (Fsp3) is 0.696. The third-order valence-electron chi connectivity index (χ3n) is 5.10. The number of ether oxygens (including phenoxy) is 1. The Hall–Kier alpha value is -1.59. The molecule has 0 N–H and O–H groups in total. The predicted molar refractivity (Wildman–Crippen MR) is 116 cm³/mol. The highest BCUT2D eigenvalue weighted by Crippen LogP contribution is 2.24. The SMILES string of the molecule is CCCN(CCC)CC(c1ccccc1)N1CCN(C(=O)OC(C)(C)C)CC1. The molecule has 5 heteroatoms. The lowest BCUT2D eigenvalue weighted by atomic mass is 10.0. The Kier molecular flexibility index (Phi) is 8.77. The highest BCUT2D eigenvalue weighted by molar-refractivity contribution is 5.68. The lowest BCUT2D eigenvalue weighted by molar-refractivity contribution is 0.00796. The number of rotatable bonds is 8. The number of benzene rings is 1. The first-order valence-corrected chi connectivity index (χ1v) is 10.8. The van der Waals surface area contributed by atoms with Gasteiger partial charge in [-0.1, -0.05) is 44.2 Å². The van der Waals surface area contributed by atoms with E-state index in [4.69, 9.17) is 4.74 Å². The summed E-state index contributed by atoms with van der Waals surface area (Å²) < 4.78 is 5.55. The molecule has 2 rings (SSSR count). The molecule has 0 aromatic heterocycles. The van der Waals surface area contributed by atoms with Crippen LogP contribution in [0.3, 0.4) is 0 Å². The van der Waals surface area contributed by atoms with E-state index in [9.17, 15) is 4.79 Å². The van der Waals surface area contributed by atoms with Crippen molar-refractivity contribution in [3.8, 4) is 0 Å². The first kappa shape index (κ1) is 22.7. The van der Waals surface area contributed by atoms with Gasteiger partial charge >= 0.3 is 6.09 Å². The van der Waals surface area contributed by atoms with Crippen molar-refractivity contribution in [3.05, 3.63) is 35.9 Å². The highest BCUT2D eigenvalue weighted by Gasteiger charge is 2.30. The largest absolute Gasteiger partial charge is 0.444 e. The lowest BCUT2D eigenvalue weighted by Crippen LogP contribution is -2.52. The summed E-state index contributed by atoms with van der Waals surface area (Å²) in [6, 6.07) is 11.2. The second-order valence-electron chi connectivity index (χ2n) is 8.73. The van der Waals surface area contributed by atoms with Crippen molar-refractivity contribution >= 4 is 6.09 Å². The molecule has 1 saturated heterocycles. The molecule has 1 amide bonds. The van der Waals surface area contributed by atoms with E-state index in [0.717, 1.165) is 45.8 Å². The van der Waals surface area contributed by atoms with Gasteiger partial charge in [0.1, 0.15) is 5.60 Å². The van der Waals surface area contributed by atoms with Crippen molar-refractivity contribution in [2.75, 3.05) is 45.8 Å². The van der Waals surface area contributed by atoms with Crippen molar-refractivity contribution in [2.24, 2.45) is 0 Å². The van der Waals surface area contributed by atoms with Gasteiger partial charge in [-0.3, -0.25) is 4.90 Å². The average molecular weight is 390 g/mol. The zero-order valence-corrected chi connectivity index (χ0v) is 18.5. The second-order valence-corrected chi connectivity index (χ2v) is 8.73. The van der Waals surface area contributed by atoms with Crippen LogP contribution in [-0.2, 0) is 4.74 Å². The summed E-state index contributed by atoms with van der Waals surface area (Å²) in [5, 5.41) is 0. The van der Waals surface area contributed by atoms with Crippen LogP contribution >= 0.6 is 0 Å². The minimum Gasteiger partial charge on any atom is -0.444 e. The van der Waals surface area contributed by atoms with Crippen LogP contribution < -0.4 is 0 Å². The molecular formula is C23H39N3O2. The van der Waals surface area contributed by atoms with Crippen LogP contribution in [0.5, 0.6) is 0 Å². The molecule has 28 heavy (non-hydrogen) atoms. The van der Waals surface area contributed by atoms with Gasteiger partial charge in [-0.15, -0.1) is 0 Å². The Morgan fingerprint density at radius 2 is 1.61 bits per heavy atom. The molecule has 1 aliphatic heterocycles. The molecule has 1 atom stereocenters. The van der Waals surface area contributed by atoms with Gasteiger partial charge in [0.2, 0.25) is 0 Å². The molecule has 0 bridgehead atoms. The molecule has 1 unspecified atom stereocenters. The number of piperazine rings is 1. The maximum Gasteiger partial charge on any atom is 0.410 e. The van der Waals surface area contributed by atoms with E-state index in [2.05, 4.69) is 54.0 Å². The van der Waals surface area contributed by atoms with Gasteiger partial charge in [0, 0.05) is 38.8 Å².